The zero-order valence-electron chi connectivity index (χ0n) is 21.3. The number of rotatable bonds is 10. The van der Waals surface area contributed by atoms with Crippen molar-refractivity contribution in [3.63, 3.8) is 0 Å². The molecule has 4 saturated carbocycles. The lowest BCUT2D eigenvalue weighted by Crippen LogP contribution is -2.27. The minimum absolute atomic E-state index is 0.474. The highest BCUT2D eigenvalue weighted by molar-refractivity contribution is 5.69. The van der Waals surface area contributed by atoms with Crippen LogP contribution in [0.4, 0.5) is 4.79 Å². The van der Waals surface area contributed by atoms with Gasteiger partial charge in [0.1, 0.15) is 5.60 Å². The summed E-state index contributed by atoms with van der Waals surface area (Å²) in [5.41, 5.74) is -0.521. The molecule has 0 unspecified atom stereocenters. The smallest absolute Gasteiger partial charge is 0.435 e. The molecule has 0 saturated heterocycles. The third kappa shape index (κ3) is 7.48. The number of carbonyl (C=O) groups is 1. The van der Waals surface area contributed by atoms with Crippen LogP contribution in [-0.4, -0.2) is 44.9 Å². The lowest BCUT2D eigenvalue weighted by atomic mass is 9.99. The first-order chi connectivity index (χ1) is 16.9. The standard InChI is InChI=1S/C16H24N2O3.C11H16N2O/c1-16(2,3)21-15(19)18-9-8-14(17-18)20-10-13(11-4-5-11)12-6-7-12;1-2-8(1)10(9-3-4-9)7-14-11-5-6-12-13-11/h8-9,11-13H,4-7,10H2,1-3H3;5-6,8-10H,1-4,7H2,(H,12,13). The van der Waals surface area contributed by atoms with E-state index in [1.54, 1.807) is 18.5 Å². The van der Waals surface area contributed by atoms with Gasteiger partial charge in [-0.2, -0.15) is 9.78 Å². The van der Waals surface area contributed by atoms with E-state index in [-0.39, 0.29) is 0 Å². The summed E-state index contributed by atoms with van der Waals surface area (Å²) in [6.07, 6.45) is 13.9. The molecule has 0 atom stereocenters. The fourth-order valence-corrected chi connectivity index (χ4v) is 4.90. The fourth-order valence-electron chi connectivity index (χ4n) is 4.90. The Morgan fingerprint density at radius 2 is 1.49 bits per heavy atom. The van der Waals surface area contributed by atoms with Gasteiger partial charge in [0, 0.05) is 18.3 Å². The number of aromatic nitrogens is 4. The quantitative estimate of drug-likeness (QED) is 0.465. The molecule has 6 rings (SSSR count). The van der Waals surface area contributed by atoms with Crippen molar-refractivity contribution in [2.24, 2.45) is 35.5 Å². The van der Waals surface area contributed by atoms with E-state index >= 15 is 0 Å². The molecular formula is C27H40N4O4. The van der Waals surface area contributed by atoms with Gasteiger partial charge in [0.2, 0.25) is 11.8 Å². The van der Waals surface area contributed by atoms with E-state index in [2.05, 4.69) is 15.3 Å². The van der Waals surface area contributed by atoms with Gasteiger partial charge in [-0.05, 0) is 108 Å². The van der Waals surface area contributed by atoms with Gasteiger partial charge in [-0.25, -0.2) is 9.89 Å². The second kappa shape index (κ2) is 10.2. The van der Waals surface area contributed by atoms with Crippen molar-refractivity contribution in [3.8, 4) is 11.8 Å². The van der Waals surface area contributed by atoms with Crippen LogP contribution in [0.25, 0.3) is 0 Å². The number of H-pyrrole nitrogens is 1. The van der Waals surface area contributed by atoms with Crippen molar-refractivity contribution in [1.82, 2.24) is 20.0 Å². The summed E-state index contributed by atoms with van der Waals surface area (Å²) >= 11 is 0. The largest absolute Gasteiger partial charge is 0.478 e. The summed E-state index contributed by atoms with van der Waals surface area (Å²) in [6, 6.07) is 3.61. The van der Waals surface area contributed by atoms with Crippen LogP contribution < -0.4 is 9.47 Å². The number of hydrogen-bond donors (Lipinski definition) is 1. The van der Waals surface area contributed by atoms with Crippen molar-refractivity contribution >= 4 is 6.09 Å². The Morgan fingerprint density at radius 3 is 1.94 bits per heavy atom. The molecule has 4 aliphatic rings. The minimum Gasteiger partial charge on any atom is -0.478 e. The lowest BCUT2D eigenvalue weighted by molar-refractivity contribution is 0.0511. The maximum Gasteiger partial charge on any atom is 0.435 e. The topological polar surface area (TPSA) is 91.3 Å². The zero-order valence-corrected chi connectivity index (χ0v) is 21.3. The van der Waals surface area contributed by atoms with E-state index in [1.807, 2.05) is 26.8 Å². The van der Waals surface area contributed by atoms with Gasteiger partial charge >= 0.3 is 6.09 Å². The number of aromatic amines is 1. The van der Waals surface area contributed by atoms with Crippen LogP contribution in [0.5, 0.6) is 11.8 Å². The number of ether oxygens (including phenoxy) is 3. The van der Waals surface area contributed by atoms with E-state index in [0.29, 0.717) is 11.8 Å². The molecule has 0 aliphatic heterocycles. The van der Waals surface area contributed by atoms with E-state index < -0.39 is 11.7 Å². The predicted octanol–water partition coefficient (Wildman–Crippen LogP) is 5.71. The molecule has 8 nitrogen and oxygen atoms in total. The first kappa shape index (κ1) is 24.2. The Hall–Kier alpha value is -2.51. The third-order valence-electron chi connectivity index (χ3n) is 7.39. The molecule has 2 aromatic heterocycles. The van der Waals surface area contributed by atoms with Crippen molar-refractivity contribution in [1.29, 1.82) is 0 Å². The molecule has 35 heavy (non-hydrogen) atoms. The van der Waals surface area contributed by atoms with Crippen molar-refractivity contribution < 1.29 is 19.0 Å². The molecule has 0 spiro atoms. The van der Waals surface area contributed by atoms with Crippen LogP contribution in [0, 0.1) is 35.5 Å². The van der Waals surface area contributed by atoms with E-state index in [1.165, 1.54) is 56.0 Å². The summed E-state index contributed by atoms with van der Waals surface area (Å²) in [6.45, 7) is 7.11. The van der Waals surface area contributed by atoms with E-state index in [4.69, 9.17) is 14.2 Å². The van der Waals surface area contributed by atoms with Gasteiger partial charge in [-0.15, -0.1) is 5.10 Å². The van der Waals surface area contributed by atoms with Gasteiger partial charge in [0.25, 0.3) is 0 Å². The lowest BCUT2D eigenvalue weighted by Gasteiger charge is -2.18. The van der Waals surface area contributed by atoms with Gasteiger partial charge in [-0.1, -0.05) is 0 Å². The molecule has 0 radical (unpaired) electrons. The molecule has 2 aromatic rings. The van der Waals surface area contributed by atoms with Crippen molar-refractivity contribution in [2.45, 2.75) is 77.7 Å². The van der Waals surface area contributed by atoms with Gasteiger partial charge in [0.15, 0.2) is 0 Å². The first-order valence-electron chi connectivity index (χ1n) is 13.4. The molecule has 2 heterocycles. The highest BCUT2D eigenvalue weighted by atomic mass is 16.6. The molecule has 0 amide bonds. The SMILES string of the molecule is CC(C)(C)OC(=O)n1ccc(OCC(C2CC2)C2CC2)n1.c1cc(OCC(C2CC2)C2CC2)[nH]n1. The fraction of sp³-hybridized carbons (Fsp3) is 0.741. The number of carbonyl (C=O) groups excluding carboxylic acids is 1. The second-order valence-corrected chi connectivity index (χ2v) is 11.8. The summed E-state index contributed by atoms with van der Waals surface area (Å²) in [4.78, 5) is 11.9. The van der Waals surface area contributed by atoms with E-state index in [0.717, 1.165) is 48.7 Å². The predicted molar refractivity (Wildman–Crippen MR) is 131 cm³/mol. The number of nitrogens with one attached hydrogen (secondary N) is 1. The summed E-state index contributed by atoms with van der Waals surface area (Å²) < 4.78 is 17.9. The Balaban J connectivity index is 0.000000156. The third-order valence-corrected chi connectivity index (χ3v) is 7.39. The summed E-state index contributed by atoms with van der Waals surface area (Å²) in [5, 5.41) is 10.9. The van der Waals surface area contributed by atoms with E-state index in [9.17, 15) is 4.79 Å². The molecule has 4 fully saturated rings. The van der Waals surface area contributed by atoms with Crippen LogP contribution in [0.2, 0.25) is 0 Å². The molecule has 192 valence electrons. The zero-order chi connectivity index (χ0) is 24.4. The molecular weight excluding hydrogens is 444 g/mol. The Labute approximate surface area is 208 Å². The van der Waals surface area contributed by atoms with Gasteiger partial charge in [0.05, 0.1) is 19.4 Å². The number of nitrogens with zero attached hydrogens (tertiary/aromatic N) is 3. The summed E-state index contributed by atoms with van der Waals surface area (Å²) in [7, 11) is 0. The van der Waals surface area contributed by atoms with Gasteiger partial charge < -0.3 is 14.2 Å². The minimum atomic E-state index is -0.521. The van der Waals surface area contributed by atoms with Gasteiger partial charge in [-0.3, -0.25) is 0 Å². The van der Waals surface area contributed by atoms with Crippen LogP contribution in [0.3, 0.4) is 0 Å². The number of hydrogen-bond acceptors (Lipinski definition) is 6. The van der Waals surface area contributed by atoms with Crippen LogP contribution in [0.15, 0.2) is 24.5 Å². The Morgan fingerprint density at radius 1 is 0.943 bits per heavy atom. The Kier molecular flexibility index (Phi) is 7.07. The maximum absolute atomic E-state index is 11.9. The highest BCUT2D eigenvalue weighted by Crippen LogP contribution is 2.50. The average molecular weight is 485 g/mol. The van der Waals surface area contributed by atoms with Crippen LogP contribution in [-0.2, 0) is 4.74 Å². The second-order valence-electron chi connectivity index (χ2n) is 11.8. The molecule has 0 bridgehead atoms. The molecule has 1 N–H and O–H groups in total. The summed E-state index contributed by atoms with van der Waals surface area (Å²) in [5.74, 6) is 6.45. The first-order valence-corrected chi connectivity index (χ1v) is 13.4. The van der Waals surface area contributed by atoms with Crippen molar-refractivity contribution in [3.05, 3.63) is 24.5 Å². The Bertz CT molecular complexity index is 926. The van der Waals surface area contributed by atoms with Crippen LogP contribution in [0.1, 0.15) is 72.1 Å². The normalized spacial score (nSPS) is 19.9. The molecule has 4 aliphatic carbocycles. The average Bonchev–Trinajstić information content (AvgIpc) is 3.60. The van der Waals surface area contributed by atoms with Crippen molar-refractivity contribution in [2.75, 3.05) is 13.2 Å². The molecule has 0 aromatic carbocycles. The highest BCUT2D eigenvalue weighted by Gasteiger charge is 2.42. The van der Waals surface area contributed by atoms with Crippen LogP contribution >= 0.6 is 0 Å². The monoisotopic (exact) mass is 484 g/mol. The molecule has 8 heteroatoms. The maximum atomic E-state index is 11.9.